The fourth-order valence-electron chi connectivity index (χ4n) is 3.12. The molecular weight excluding hydrogens is 474 g/mol. The van der Waals surface area contributed by atoms with E-state index in [2.05, 4.69) is 15.9 Å². The van der Waals surface area contributed by atoms with Gasteiger partial charge in [-0.3, -0.25) is 9.48 Å². The van der Waals surface area contributed by atoms with Crippen LogP contribution in [0.25, 0.3) is 5.69 Å². The summed E-state index contributed by atoms with van der Waals surface area (Å²) in [6.07, 6.45) is 0.464. The van der Waals surface area contributed by atoms with E-state index in [0.717, 1.165) is 11.3 Å². The second kappa shape index (κ2) is 10.7. The minimum atomic E-state index is -0.280. The van der Waals surface area contributed by atoms with E-state index < -0.39 is 0 Å². The maximum absolute atomic E-state index is 12.7. The van der Waals surface area contributed by atoms with Crippen LogP contribution in [0.15, 0.2) is 57.8 Å². The number of benzene rings is 2. The van der Waals surface area contributed by atoms with Crippen molar-refractivity contribution < 1.29 is 14.6 Å². The molecule has 1 heterocycles. The van der Waals surface area contributed by atoms with Gasteiger partial charge in [-0.2, -0.15) is 0 Å². The molecule has 3 rings (SSSR count). The number of hydrogen-bond donors (Lipinski definition) is 2. The predicted octanol–water partition coefficient (Wildman–Crippen LogP) is 3.33. The van der Waals surface area contributed by atoms with Crippen LogP contribution >= 0.6 is 28.3 Å². The lowest BCUT2D eigenvalue weighted by Crippen LogP contribution is -2.19. The van der Waals surface area contributed by atoms with E-state index in [1.165, 1.54) is 0 Å². The highest BCUT2D eigenvalue weighted by Gasteiger charge is 2.18. The van der Waals surface area contributed by atoms with Gasteiger partial charge in [-0.05, 0) is 52.2 Å². The molecule has 0 aliphatic rings. The molecule has 1 unspecified atom stereocenters. The van der Waals surface area contributed by atoms with Crippen LogP contribution in [-0.2, 0) is 13.7 Å². The molecule has 0 aliphatic heterocycles. The fraction of sp³-hybridized carbons (Fsp3) is 0.286. The predicted molar refractivity (Wildman–Crippen MR) is 122 cm³/mol. The SMILES string of the molecule is COc1cc(C(N)CCO)ccc1OCc1c(Br)c(=O)n(-c2ccccc2)n1C.Cl. The first kappa shape index (κ1) is 24.0. The van der Waals surface area contributed by atoms with Gasteiger partial charge in [-0.1, -0.05) is 24.3 Å². The van der Waals surface area contributed by atoms with Crippen molar-refractivity contribution in [1.29, 1.82) is 0 Å². The standard InChI is InChI=1S/C21H24BrN3O4.ClH/c1-24-17(20(22)21(27)25(24)15-6-4-3-5-7-15)13-29-18-9-8-14(12-19(18)28-2)16(23)10-11-26;/h3-9,12,16,26H,10-11,13,23H2,1-2H3;1H. The molecule has 0 amide bonds. The van der Waals surface area contributed by atoms with Gasteiger partial charge in [0.2, 0.25) is 0 Å². The minimum absolute atomic E-state index is 0. The van der Waals surface area contributed by atoms with E-state index >= 15 is 0 Å². The summed E-state index contributed by atoms with van der Waals surface area (Å²) in [6.45, 7) is 0.187. The Morgan fingerprint density at radius 2 is 1.87 bits per heavy atom. The molecule has 30 heavy (non-hydrogen) atoms. The van der Waals surface area contributed by atoms with E-state index in [9.17, 15) is 4.79 Å². The van der Waals surface area contributed by atoms with Crippen molar-refractivity contribution in [2.45, 2.75) is 19.1 Å². The molecule has 7 nitrogen and oxygen atoms in total. The summed E-state index contributed by atoms with van der Waals surface area (Å²) in [4.78, 5) is 12.7. The molecule has 0 saturated carbocycles. The van der Waals surface area contributed by atoms with Crippen molar-refractivity contribution in [3.63, 3.8) is 0 Å². The quantitative estimate of drug-likeness (QED) is 0.497. The number of nitrogens with zero attached hydrogens (tertiary/aromatic N) is 2. The van der Waals surface area contributed by atoms with E-state index in [1.54, 1.807) is 28.6 Å². The van der Waals surface area contributed by atoms with E-state index in [-0.39, 0.29) is 37.2 Å². The zero-order valence-corrected chi connectivity index (χ0v) is 19.1. The number of rotatable bonds is 8. The second-order valence-electron chi connectivity index (χ2n) is 6.55. The van der Waals surface area contributed by atoms with Gasteiger partial charge in [-0.25, -0.2) is 4.68 Å². The number of aromatic nitrogens is 2. The van der Waals surface area contributed by atoms with E-state index in [0.29, 0.717) is 28.1 Å². The molecule has 9 heteroatoms. The van der Waals surface area contributed by atoms with Gasteiger partial charge in [0, 0.05) is 19.7 Å². The number of aliphatic hydroxyl groups is 1. The van der Waals surface area contributed by atoms with Crippen molar-refractivity contribution in [3.8, 4) is 17.2 Å². The highest BCUT2D eigenvalue weighted by atomic mass is 79.9. The van der Waals surface area contributed by atoms with Crippen LogP contribution in [0.2, 0.25) is 0 Å². The van der Waals surface area contributed by atoms with Crippen LogP contribution in [0.4, 0.5) is 0 Å². The Hall–Kier alpha value is -2.26. The molecule has 1 atom stereocenters. The number of nitrogens with two attached hydrogens (primary N) is 1. The second-order valence-corrected chi connectivity index (χ2v) is 7.35. The third-order valence-electron chi connectivity index (χ3n) is 4.75. The van der Waals surface area contributed by atoms with Gasteiger partial charge in [0.05, 0.1) is 18.5 Å². The van der Waals surface area contributed by atoms with Crippen molar-refractivity contribution in [2.24, 2.45) is 12.8 Å². The van der Waals surface area contributed by atoms with Crippen molar-refractivity contribution >= 4 is 28.3 Å². The Morgan fingerprint density at radius 1 is 1.17 bits per heavy atom. The van der Waals surface area contributed by atoms with Crippen LogP contribution in [0.5, 0.6) is 11.5 Å². The number of ether oxygens (including phenoxy) is 2. The van der Waals surface area contributed by atoms with Crippen LogP contribution < -0.4 is 20.8 Å². The van der Waals surface area contributed by atoms with Gasteiger partial charge in [0.15, 0.2) is 11.5 Å². The maximum Gasteiger partial charge on any atom is 0.286 e. The van der Waals surface area contributed by atoms with Gasteiger partial charge in [-0.15, -0.1) is 12.4 Å². The molecule has 0 saturated heterocycles. The first-order valence-electron chi connectivity index (χ1n) is 9.17. The molecule has 0 radical (unpaired) electrons. The highest BCUT2D eigenvalue weighted by molar-refractivity contribution is 9.10. The number of methoxy groups -OCH3 is 1. The van der Waals surface area contributed by atoms with Crippen molar-refractivity contribution in [1.82, 2.24) is 9.36 Å². The average Bonchev–Trinajstić information content (AvgIpc) is 2.95. The van der Waals surface area contributed by atoms with Crippen LogP contribution in [0.1, 0.15) is 23.7 Å². The van der Waals surface area contributed by atoms with E-state index in [4.69, 9.17) is 20.3 Å². The van der Waals surface area contributed by atoms with Crippen molar-refractivity contribution in [2.75, 3.05) is 13.7 Å². The number of halogens is 2. The minimum Gasteiger partial charge on any atom is -0.493 e. The first-order valence-corrected chi connectivity index (χ1v) is 9.96. The number of para-hydroxylation sites is 1. The third kappa shape index (κ3) is 4.89. The topological polar surface area (TPSA) is 91.6 Å². The molecule has 0 bridgehead atoms. The summed E-state index contributed by atoms with van der Waals surface area (Å²) in [5, 5.41) is 9.08. The van der Waals surface area contributed by atoms with Crippen molar-refractivity contribution in [3.05, 3.63) is 74.6 Å². The summed E-state index contributed by atoms with van der Waals surface area (Å²) in [5.74, 6) is 1.08. The summed E-state index contributed by atoms with van der Waals surface area (Å²) < 4.78 is 15.2. The molecular formula is C21H25BrClN3O4. The Kier molecular flexibility index (Phi) is 8.54. The molecule has 3 aromatic rings. The Labute approximate surface area is 189 Å². The zero-order valence-electron chi connectivity index (χ0n) is 16.7. The highest BCUT2D eigenvalue weighted by Crippen LogP contribution is 2.31. The van der Waals surface area contributed by atoms with Gasteiger partial charge in [0.1, 0.15) is 11.1 Å². The average molecular weight is 499 g/mol. The molecule has 1 aromatic heterocycles. The molecule has 0 fully saturated rings. The first-order chi connectivity index (χ1) is 14.0. The molecule has 3 N–H and O–H groups in total. The lowest BCUT2D eigenvalue weighted by atomic mass is 10.0. The Balaban J connectivity index is 0.00000320. The molecule has 0 spiro atoms. The Bertz CT molecular complexity index is 1040. The molecule has 162 valence electrons. The molecule has 2 aromatic carbocycles. The fourth-order valence-corrected chi connectivity index (χ4v) is 3.66. The third-order valence-corrected chi connectivity index (χ3v) is 5.54. The Morgan fingerprint density at radius 3 is 2.50 bits per heavy atom. The van der Waals surface area contributed by atoms with E-state index in [1.807, 2.05) is 43.4 Å². The zero-order chi connectivity index (χ0) is 21.0. The number of hydrogen-bond acceptors (Lipinski definition) is 5. The summed E-state index contributed by atoms with van der Waals surface area (Å²) in [6, 6.07) is 14.6. The summed E-state index contributed by atoms with van der Waals surface area (Å²) in [5.41, 5.74) is 8.22. The van der Waals surface area contributed by atoms with Crippen LogP contribution in [0, 0.1) is 0 Å². The number of aliphatic hydroxyl groups excluding tert-OH is 1. The van der Waals surface area contributed by atoms with Gasteiger partial charge >= 0.3 is 0 Å². The van der Waals surface area contributed by atoms with Gasteiger partial charge in [0.25, 0.3) is 5.56 Å². The normalized spacial score (nSPS) is 11.6. The van der Waals surface area contributed by atoms with Crippen LogP contribution in [-0.4, -0.2) is 28.2 Å². The molecule has 0 aliphatic carbocycles. The maximum atomic E-state index is 12.7. The largest absolute Gasteiger partial charge is 0.493 e. The van der Waals surface area contributed by atoms with Crippen LogP contribution in [0.3, 0.4) is 0 Å². The van der Waals surface area contributed by atoms with Gasteiger partial charge < -0.3 is 20.3 Å². The lowest BCUT2D eigenvalue weighted by molar-refractivity contribution is 0.271. The lowest BCUT2D eigenvalue weighted by Gasteiger charge is -2.16. The summed E-state index contributed by atoms with van der Waals surface area (Å²) in [7, 11) is 3.37. The smallest absolute Gasteiger partial charge is 0.286 e. The summed E-state index contributed by atoms with van der Waals surface area (Å²) >= 11 is 3.40. The monoisotopic (exact) mass is 497 g/mol.